The average Bonchev–Trinajstić information content (AvgIpc) is 2.55. The minimum atomic E-state index is -0.897. The zero-order chi connectivity index (χ0) is 16.5. The molecule has 1 aromatic rings. The van der Waals surface area contributed by atoms with Gasteiger partial charge in [0.25, 0.3) is 5.91 Å². The summed E-state index contributed by atoms with van der Waals surface area (Å²) in [5.74, 6) is -0.665. The Balaban J connectivity index is 0.00000116. The van der Waals surface area contributed by atoms with Crippen LogP contribution in [0.5, 0.6) is 0 Å². The Morgan fingerprint density at radius 3 is 2.23 bits per heavy atom. The van der Waals surface area contributed by atoms with Gasteiger partial charge in [-0.3, -0.25) is 9.59 Å². The summed E-state index contributed by atoms with van der Waals surface area (Å²) >= 11 is 0. The number of hydrogen-bond donors (Lipinski definition) is 2. The number of nitrogens with zero attached hydrogens (tertiary/aromatic N) is 1. The van der Waals surface area contributed by atoms with E-state index in [0.717, 1.165) is 13.1 Å². The van der Waals surface area contributed by atoms with Gasteiger partial charge in [-0.2, -0.15) is 0 Å². The number of piperazine rings is 1. The van der Waals surface area contributed by atoms with Crippen molar-refractivity contribution < 1.29 is 14.3 Å². The largest absolute Gasteiger partial charge is 0.447 e. The minimum Gasteiger partial charge on any atom is -0.447 e. The zero-order valence-electron chi connectivity index (χ0n) is 13.5. The summed E-state index contributed by atoms with van der Waals surface area (Å²) in [6, 6.07) is 6.81. The monoisotopic (exact) mass is 307 g/mol. The predicted molar refractivity (Wildman–Crippen MR) is 86.2 cm³/mol. The molecular weight excluding hydrogens is 282 g/mol. The van der Waals surface area contributed by atoms with E-state index in [1.54, 1.807) is 29.2 Å². The molecule has 22 heavy (non-hydrogen) atoms. The Morgan fingerprint density at radius 2 is 1.73 bits per heavy atom. The van der Waals surface area contributed by atoms with E-state index >= 15 is 0 Å². The van der Waals surface area contributed by atoms with Crippen molar-refractivity contribution in [3.05, 3.63) is 29.8 Å². The van der Waals surface area contributed by atoms with Gasteiger partial charge in [-0.25, -0.2) is 0 Å². The molecule has 0 saturated carbocycles. The molecule has 0 bridgehead atoms. The molecule has 1 aromatic carbocycles. The molecule has 1 heterocycles. The lowest BCUT2D eigenvalue weighted by atomic mass is 10.1. The van der Waals surface area contributed by atoms with Crippen LogP contribution < -0.4 is 11.1 Å². The maximum atomic E-state index is 12.5. The molecule has 1 amide bonds. The number of benzene rings is 1. The molecule has 1 saturated heterocycles. The predicted octanol–water partition coefficient (Wildman–Crippen LogP) is 1.33. The highest BCUT2D eigenvalue weighted by Gasteiger charge is 2.29. The topological polar surface area (TPSA) is 84.7 Å². The lowest BCUT2D eigenvalue weighted by Gasteiger charge is -2.30. The molecule has 6 nitrogen and oxygen atoms in total. The van der Waals surface area contributed by atoms with E-state index in [4.69, 9.17) is 10.5 Å². The van der Waals surface area contributed by atoms with E-state index in [1.165, 1.54) is 6.92 Å². The van der Waals surface area contributed by atoms with Crippen LogP contribution in [0.4, 0.5) is 5.69 Å². The van der Waals surface area contributed by atoms with Gasteiger partial charge >= 0.3 is 5.97 Å². The number of esters is 1. The summed E-state index contributed by atoms with van der Waals surface area (Å²) in [6.07, 6.45) is -0.897. The first kappa shape index (κ1) is 18.0. The van der Waals surface area contributed by atoms with Crippen molar-refractivity contribution in [2.45, 2.75) is 26.9 Å². The fourth-order valence-electron chi connectivity index (χ4n) is 2.15. The zero-order valence-corrected chi connectivity index (χ0v) is 13.5. The van der Waals surface area contributed by atoms with Crippen molar-refractivity contribution in [1.82, 2.24) is 10.2 Å². The highest BCUT2D eigenvalue weighted by atomic mass is 16.5. The van der Waals surface area contributed by atoms with Crippen LogP contribution in [-0.2, 0) is 14.3 Å². The molecule has 0 radical (unpaired) electrons. The second-order valence-corrected chi connectivity index (χ2v) is 4.73. The Kier molecular flexibility index (Phi) is 7.39. The van der Waals surface area contributed by atoms with E-state index in [1.807, 2.05) is 13.8 Å². The van der Waals surface area contributed by atoms with Gasteiger partial charge < -0.3 is 20.7 Å². The third kappa shape index (κ3) is 5.04. The number of nitrogen functional groups attached to an aromatic ring is 1. The molecule has 6 heteroatoms. The van der Waals surface area contributed by atoms with E-state index < -0.39 is 12.1 Å². The number of rotatable bonds is 3. The Bertz CT molecular complexity index is 482. The van der Waals surface area contributed by atoms with E-state index in [-0.39, 0.29) is 5.91 Å². The maximum absolute atomic E-state index is 12.5. The van der Waals surface area contributed by atoms with Crippen LogP contribution in [0.25, 0.3) is 0 Å². The van der Waals surface area contributed by atoms with Crippen LogP contribution in [0.2, 0.25) is 0 Å². The van der Waals surface area contributed by atoms with Crippen LogP contribution in [-0.4, -0.2) is 43.0 Å². The smallest absolute Gasteiger partial charge is 0.303 e. The number of ether oxygens (including phenoxy) is 1. The van der Waals surface area contributed by atoms with Crippen LogP contribution in [0.1, 0.15) is 32.4 Å². The molecule has 0 spiro atoms. The summed E-state index contributed by atoms with van der Waals surface area (Å²) in [4.78, 5) is 25.5. The summed E-state index contributed by atoms with van der Waals surface area (Å²) in [5.41, 5.74) is 6.87. The van der Waals surface area contributed by atoms with Crippen LogP contribution in [0, 0.1) is 0 Å². The van der Waals surface area contributed by atoms with Gasteiger partial charge in [0.2, 0.25) is 6.10 Å². The Morgan fingerprint density at radius 1 is 1.18 bits per heavy atom. The number of nitrogens with two attached hydrogens (primary N) is 1. The third-order valence-corrected chi connectivity index (χ3v) is 3.18. The molecular formula is C16H25N3O3. The lowest BCUT2D eigenvalue weighted by Crippen LogP contribution is -2.48. The lowest BCUT2D eigenvalue weighted by molar-refractivity contribution is -0.159. The van der Waals surface area contributed by atoms with Crippen molar-refractivity contribution in [1.29, 1.82) is 0 Å². The Hall–Kier alpha value is -2.08. The number of amides is 1. The first-order chi connectivity index (χ1) is 10.6. The molecule has 0 aliphatic carbocycles. The second-order valence-electron chi connectivity index (χ2n) is 4.73. The van der Waals surface area contributed by atoms with Crippen LogP contribution in [0.3, 0.4) is 0 Å². The molecule has 1 unspecified atom stereocenters. The van der Waals surface area contributed by atoms with Crippen molar-refractivity contribution in [3.63, 3.8) is 0 Å². The molecule has 1 aliphatic rings. The SMILES string of the molecule is CC.CC(=O)OC(C(=O)N1CCNCC1)c1ccc(N)cc1. The standard InChI is InChI=1S/C14H19N3O3.C2H6/c1-10(18)20-13(11-2-4-12(15)5-3-11)14(19)17-8-6-16-7-9-17;1-2/h2-5,13,16H,6-9,15H2,1H3;1-2H3. The van der Waals surface area contributed by atoms with Gasteiger partial charge in [0, 0.05) is 44.4 Å². The number of nitrogens with one attached hydrogen (secondary N) is 1. The van der Waals surface area contributed by atoms with Crippen molar-refractivity contribution in [3.8, 4) is 0 Å². The van der Waals surface area contributed by atoms with Gasteiger partial charge in [-0.1, -0.05) is 26.0 Å². The first-order valence-corrected chi connectivity index (χ1v) is 7.60. The van der Waals surface area contributed by atoms with E-state index in [0.29, 0.717) is 24.3 Å². The number of hydrogen-bond acceptors (Lipinski definition) is 5. The Labute approximate surface area is 131 Å². The number of anilines is 1. The summed E-state index contributed by atoms with van der Waals surface area (Å²) in [7, 11) is 0. The summed E-state index contributed by atoms with van der Waals surface area (Å²) in [6.45, 7) is 8.03. The molecule has 1 fully saturated rings. The molecule has 1 aliphatic heterocycles. The highest BCUT2D eigenvalue weighted by molar-refractivity contribution is 5.85. The fraction of sp³-hybridized carbons (Fsp3) is 0.500. The van der Waals surface area contributed by atoms with Gasteiger partial charge in [-0.05, 0) is 12.1 Å². The summed E-state index contributed by atoms with van der Waals surface area (Å²) in [5, 5.41) is 3.18. The molecule has 122 valence electrons. The molecule has 2 rings (SSSR count). The first-order valence-electron chi connectivity index (χ1n) is 7.60. The van der Waals surface area contributed by atoms with Gasteiger partial charge in [0.1, 0.15) is 0 Å². The van der Waals surface area contributed by atoms with Crippen molar-refractivity contribution in [2.24, 2.45) is 0 Å². The third-order valence-electron chi connectivity index (χ3n) is 3.18. The maximum Gasteiger partial charge on any atom is 0.303 e. The molecule has 1 atom stereocenters. The molecule has 3 N–H and O–H groups in total. The quantitative estimate of drug-likeness (QED) is 0.650. The van der Waals surface area contributed by atoms with Crippen LogP contribution >= 0.6 is 0 Å². The van der Waals surface area contributed by atoms with Gasteiger partial charge in [0.05, 0.1) is 0 Å². The number of carbonyl (C=O) groups excluding carboxylic acids is 2. The minimum absolute atomic E-state index is 0.188. The number of carbonyl (C=O) groups is 2. The van der Waals surface area contributed by atoms with Crippen LogP contribution in [0.15, 0.2) is 24.3 Å². The van der Waals surface area contributed by atoms with Gasteiger partial charge in [-0.15, -0.1) is 0 Å². The highest BCUT2D eigenvalue weighted by Crippen LogP contribution is 2.22. The van der Waals surface area contributed by atoms with E-state index in [9.17, 15) is 9.59 Å². The molecule has 0 aromatic heterocycles. The van der Waals surface area contributed by atoms with Crippen molar-refractivity contribution in [2.75, 3.05) is 31.9 Å². The van der Waals surface area contributed by atoms with Gasteiger partial charge in [0.15, 0.2) is 0 Å². The van der Waals surface area contributed by atoms with E-state index in [2.05, 4.69) is 5.32 Å². The normalized spacial score (nSPS) is 15.3. The second kappa shape index (κ2) is 9.04. The fourth-order valence-corrected chi connectivity index (χ4v) is 2.15. The van der Waals surface area contributed by atoms with Crippen molar-refractivity contribution >= 4 is 17.6 Å². The summed E-state index contributed by atoms with van der Waals surface area (Å²) < 4.78 is 5.20. The average molecular weight is 307 g/mol.